The Bertz CT molecular complexity index is 752. The molecule has 0 radical (unpaired) electrons. The second kappa shape index (κ2) is 6.46. The summed E-state index contributed by atoms with van der Waals surface area (Å²) in [6.07, 6.45) is 7.63. The molecule has 4 nitrogen and oxygen atoms in total. The second-order valence-corrected chi connectivity index (χ2v) is 6.94. The number of allylic oxidation sites excluding steroid dienone is 3. The summed E-state index contributed by atoms with van der Waals surface area (Å²) in [6.45, 7) is 4.15. The standard InChI is InChI=1S/C18H18N2O2S/c1-11(2)15-10-18(22)20-16-8-12(5-6-14(15)16)19-17(21)9-13-4-3-7-23-13/h3-8,10-11,14H,9H2,1-2H3,(H,20,22). The Morgan fingerprint density at radius 3 is 2.91 bits per heavy atom. The van der Waals surface area contributed by atoms with E-state index >= 15 is 0 Å². The highest BCUT2D eigenvalue weighted by Crippen LogP contribution is 2.31. The zero-order valence-corrected chi connectivity index (χ0v) is 13.9. The van der Waals surface area contributed by atoms with Crippen molar-refractivity contribution in [3.8, 4) is 0 Å². The first-order chi connectivity index (χ1) is 11.0. The van der Waals surface area contributed by atoms with Crippen molar-refractivity contribution in [1.82, 2.24) is 5.32 Å². The minimum atomic E-state index is -0.177. The summed E-state index contributed by atoms with van der Waals surface area (Å²) in [5.74, 6) is 0.0667. The average molecular weight is 326 g/mol. The van der Waals surface area contributed by atoms with Crippen LogP contribution in [0.4, 0.5) is 0 Å². The number of amides is 2. The molecule has 23 heavy (non-hydrogen) atoms. The Balaban J connectivity index is 1.79. The highest BCUT2D eigenvalue weighted by Gasteiger charge is 2.27. The summed E-state index contributed by atoms with van der Waals surface area (Å²) >= 11 is 1.55. The molecule has 1 aromatic heterocycles. The molecular weight excluding hydrogens is 308 g/mol. The van der Waals surface area contributed by atoms with E-state index in [2.05, 4.69) is 24.2 Å². The van der Waals surface area contributed by atoms with Crippen LogP contribution in [0.2, 0.25) is 0 Å². The quantitative estimate of drug-likeness (QED) is 0.928. The zero-order valence-electron chi connectivity index (χ0n) is 13.1. The smallest absolute Gasteiger partial charge is 0.251 e. The van der Waals surface area contributed by atoms with Crippen LogP contribution in [0.5, 0.6) is 0 Å². The van der Waals surface area contributed by atoms with Gasteiger partial charge >= 0.3 is 0 Å². The number of fused-ring (bicyclic) bond motifs is 1. The van der Waals surface area contributed by atoms with Crippen LogP contribution in [0.1, 0.15) is 18.7 Å². The topological polar surface area (TPSA) is 58.5 Å². The van der Waals surface area contributed by atoms with Crippen molar-refractivity contribution in [1.29, 1.82) is 0 Å². The molecule has 1 unspecified atom stereocenters. The van der Waals surface area contributed by atoms with Crippen molar-refractivity contribution in [2.75, 3.05) is 0 Å². The number of carbonyl (C=O) groups is 2. The van der Waals surface area contributed by atoms with E-state index in [0.717, 1.165) is 16.1 Å². The van der Waals surface area contributed by atoms with Crippen molar-refractivity contribution in [2.45, 2.75) is 20.3 Å². The number of hydrogen-bond donors (Lipinski definition) is 1. The molecule has 1 N–H and O–H groups in total. The number of nitrogens with one attached hydrogen (secondary N) is 1. The van der Waals surface area contributed by atoms with Crippen molar-refractivity contribution in [3.05, 3.63) is 58.0 Å². The van der Waals surface area contributed by atoms with Crippen LogP contribution < -0.4 is 5.32 Å². The lowest BCUT2D eigenvalue weighted by molar-refractivity contribution is -0.117. The molecule has 0 bridgehead atoms. The van der Waals surface area contributed by atoms with Crippen molar-refractivity contribution in [2.24, 2.45) is 16.8 Å². The Morgan fingerprint density at radius 1 is 1.39 bits per heavy atom. The van der Waals surface area contributed by atoms with E-state index in [1.807, 2.05) is 29.7 Å². The lowest BCUT2D eigenvalue weighted by Crippen LogP contribution is -2.34. The van der Waals surface area contributed by atoms with Crippen molar-refractivity contribution < 1.29 is 9.59 Å². The van der Waals surface area contributed by atoms with Gasteiger partial charge in [-0.15, -0.1) is 11.3 Å². The van der Waals surface area contributed by atoms with E-state index in [-0.39, 0.29) is 23.7 Å². The molecule has 1 aliphatic carbocycles. The van der Waals surface area contributed by atoms with Gasteiger partial charge in [0.1, 0.15) is 0 Å². The van der Waals surface area contributed by atoms with Crippen LogP contribution in [-0.4, -0.2) is 17.5 Å². The minimum Gasteiger partial charge on any atom is -0.325 e. The molecule has 2 heterocycles. The van der Waals surface area contributed by atoms with Gasteiger partial charge in [0, 0.05) is 22.6 Å². The first-order valence-corrected chi connectivity index (χ1v) is 8.47. The van der Waals surface area contributed by atoms with E-state index in [9.17, 15) is 9.59 Å². The van der Waals surface area contributed by atoms with Gasteiger partial charge in [-0.25, -0.2) is 4.99 Å². The molecule has 0 saturated heterocycles. The van der Waals surface area contributed by atoms with Gasteiger partial charge in [-0.1, -0.05) is 26.0 Å². The highest BCUT2D eigenvalue weighted by molar-refractivity contribution is 7.10. The SMILES string of the molecule is CC(C)C1=CC(=O)NC2=CC(=NC(=O)Cc3cccs3)C=CC21. The third-order valence-corrected chi connectivity index (χ3v) is 4.72. The second-order valence-electron chi connectivity index (χ2n) is 5.91. The van der Waals surface area contributed by atoms with Crippen molar-refractivity contribution in [3.63, 3.8) is 0 Å². The Kier molecular flexibility index (Phi) is 4.39. The zero-order chi connectivity index (χ0) is 16.4. The molecule has 2 amide bonds. The van der Waals surface area contributed by atoms with Gasteiger partial charge < -0.3 is 5.32 Å². The van der Waals surface area contributed by atoms with E-state index in [1.54, 1.807) is 23.5 Å². The fraction of sp³-hybridized carbons (Fsp3) is 0.278. The maximum Gasteiger partial charge on any atom is 0.251 e. The number of rotatable bonds is 3. The molecule has 2 aliphatic rings. The number of carbonyl (C=O) groups excluding carboxylic acids is 2. The molecule has 0 aromatic carbocycles. The molecule has 1 atom stereocenters. The van der Waals surface area contributed by atoms with E-state index in [0.29, 0.717) is 12.1 Å². The maximum absolute atomic E-state index is 12.0. The number of thiophene rings is 1. The van der Waals surface area contributed by atoms with Gasteiger partial charge in [0.15, 0.2) is 0 Å². The summed E-state index contributed by atoms with van der Waals surface area (Å²) in [4.78, 5) is 29.0. The normalized spacial score (nSPS) is 21.8. The van der Waals surface area contributed by atoms with Gasteiger partial charge in [-0.2, -0.15) is 0 Å². The number of aliphatic imine (C=N–C) groups is 1. The Hall–Kier alpha value is -2.27. The van der Waals surface area contributed by atoms with Gasteiger partial charge in [0.2, 0.25) is 5.91 Å². The van der Waals surface area contributed by atoms with Crippen LogP contribution in [0.25, 0.3) is 0 Å². The molecule has 0 spiro atoms. The molecule has 118 valence electrons. The largest absolute Gasteiger partial charge is 0.325 e. The molecule has 3 rings (SSSR count). The first kappa shape index (κ1) is 15.6. The molecule has 1 aromatic rings. The fourth-order valence-corrected chi connectivity index (χ4v) is 3.46. The van der Waals surface area contributed by atoms with Gasteiger partial charge in [0.25, 0.3) is 5.91 Å². The predicted molar refractivity (Wildman–Crippen MR) is 92.2 cm³/mol. The Morgan fingerprint density at radius 2 is 2.22 bits per heavy atom. The van der Waals surface area contributed by atoms with E-state index in [1.165, 1.54) is 0 Å². The summed E-state index contributed by atoms with van der Waals surface area (Å²) in [5.41, 5.74) is 2.47. The van der Waals surface area contributed by atoms with Crippen LogP contribution in [0, 0.1) is 11.8 Å². The van der Waals surface area contributed by atoms with Crippen molar-refractivity contribution >= 4 is 28.9 Å². The van der Waals surface area contributed by atoms with Crippen LogP contribution in [0.3, 0.4) is 0 Å². The molecule has 1 aliphatic heterocycles. The highest BCUT2D eigenvalue weighted by atomic mass is 32.1. The number of nitrogens with zero attached hydrogens (tertiary/aromatic N) is 1. The van der Waals surface area contributed by atoms with Gasteiger partial charge in [-0.05, 0) is 35.1 Å². The van der Waals surface area contributed by atoms with E-state index < -0.39 is 0 Å². The third-order valence-electron chi connectivity index (χ3n) is 3.85. The molecule has 5 heteroatoms. The summed E-state index contributed by atoms with van der Waals surface area (Å²) in [6, 6.07) is 3.85. The summed E-state index contributed by atoms with van der Waals surface area (Å²) < 4.78 is 0. The van der Waals surface area contributed by atoms with Gasteiger partial charge in [0.05, 0.1) is 12.1 Å². The first-order valence-electron chi connectivity index (χ1n) is 7.59. The molecular formula is C18H18N2O2S. The van der Waals surface area contributed by atoms with Crippen LogP contribution >= 0.6 is 11.3 Å². The Labute approximate surface area is 139 Å². The molecule has 0 saturated carbocycles. The molecule has 0 fully saturated rings. The van der Waals surface area contributed by atoms with E-state index in [4.69, 9.17) is 0 Å². The van der Waals surface area contributed by atoms with Gasteiger partial charge in [-0.3, -0.25) is 9.59 Å². The average Bonchev–Trinajstić information content (AvgIpc) is 2.98. The van der Waals surface area contributed by atoms with Crippen LogP contribution in [0.15, 0.2) is 58.1 Å². The summed E-state index contributed by atoms with van der Waals surface area (Å²) in [7, 11) is 0. The number of hydrogen-bond acceptors (Lipinski definition) is 3. The lowest BCUT2D eigenvalue weighted by Gasteiger charge is -2.29. The third kappa shape index (κ3) is 3.56. The summed E-state index contributed by atoms with van der Waals surface area (Å²) in [5, 5.41) is 4.80. The fourth-order valence-electron chi connectivity index (χ4n) is 2.76. The lowest BCUT2D eigenvalue weighted by atomic mass is 9.82. The minimum absolute atomic E-state index is 0.0686. The predicted octanol–water partition coefficient (Wildman–Crippen LogP) is 3.04. The monoisotopic (exact) mass is 326 g/mol. The maximum atomic E-state index is 12.0. The van der Waals surface area contributed by atoms with Crippen LogP contribution in [-0.2, 0) is 16.0 Å².